The van der Waals surface area contributed by atoms with E-state index in [4.69, 9.17) is 20.2 Å². The Morgan fingerprint density at radius 3 is 2.33 bits per heavy atom. The molecular formula is C15H28N4O2. The highest BCUT2D eigenvalue weighted by atomic mass is 16.5. The van der Waals surface area contributed by atoms with E-state index in [0.29, 0.717) is 12.4 Å². The van der Waals surface area contributed by atoms with E-state index in [9.17, 15) is 0 Å². The van der Waals surface area contributed by atoms with E-state index in [-0.39, 0.29) is 5.92 Å². The third-order valence-electron chi connectivity index (χ3n) is 3.33. The molecule has 21 heavy (non-hydrogen) atoms. The van der Waals surface area contributed by atoms with E-state index < -0.39 is 0 Å². The summed E-state index contributed by atoms with van der Waals surface area (Å²) in [5, 5.41) is 0. The fraction of sp³-hybridized carbons (Fsp3) is 0.733. The van der Waals surface area contributed by atoms with Gasteiger partial charge in [0.15, 0.2) is 0 Å². The van der Waals surface area contributed by atoms with Crippen LogP contribution in [-0.2, 0) is 9.47 Å². The van der Waals surface area contributed by atoms with Crippen molar-refractivity contribution in [3.8, 4) is 0 Å². The van der Waals surface area contributed by atoms with Crippen molar-refractivity contribution in [2.24, 2.45) is 0 Å². The summed E-state index contributed by atoms with van der Waals surface area (Å²) in [5.41, 5.74) is 6.97. The van der Waals surface area contributed by atoms with E-state index in [0.717, 1.165) is 43.3 Å². The van der Waals surface area contributed by atoms with Crippen molar-refractivity contribution in [1.29, 1.82) is 0 Å². The van der Waals surface area contributed by atoms with E-state index in [2.05, 4.69) is 23.7 Å². The Morgan fingerprint density at radius 1 is 1.10 bits per heavy atom. The number of nitrogens with zero attached hydrogens (tertiary/aromatic N) is 3. The van der Waals surface area contributed by atoms with Crippen molar-refractivity contribution in [2.45, 2.75) is 33.1 Å². The van der Waals surface area contributed by atoms with Crippen LogP contribution in [0, 0.1) is 6.92 Å². The van der Waals surface area contributed by atoms with Gasteiger partial charge in [0.1, 0.15) is 17.5 Å². The minimum absolute atomic E-state index is 0.245. The number of nitrogens with two attached hydrogens (primary N) is 1. The van der Waals surface area contributed by atoms with Crippen molar-refractivity contribution in [3.05, 3.63) is 11.4 Å². The standard InChI is InChI=1S/C15H28N4O2/c1-11(2)14-17-13(16)12(3)15(18-14)19(8-10-21-5)7-6-9-20-4/h11H,6-10H2,1-5H3,(H2,16,17,18). The lowest BCUT2D eigenvalue weighted by molar-refractivity contribution is 0.191. The van der Waals surface area contributed by atoms with Crippen molar-refractivity contribution < 1.29 is 9.47 Å². The third kappa shape index (κ3) is 5.13. The third-order valence-corrected chi connectivity index (χ3v) is 3.33. The summed E-state index contributed by atoms with van der Waals surface area (Å²) in [6.07, 6.45) is 0.931. The molecule has 0 aliphatic carbocycles. The number of methoxy groups -OCH3 is 2. The predicted octanol–water partition coefficient (Wildman–Crippen LogP) is 1.98. The molecule has 0 unspecified atom stereocenters. The van der Waals surface area contributed by atoms with Crippen molar-refractivity contribution in [3.63, 3.8) is 0 Å². The van der Waals surface area contributed by atoms with E-state index in [1.165, 1.54) is 0 Å². The summed E-state index contributed by atoms with van der Waals surface area (Å²) < 4.78 is 10.3. The van der Waals surface area contributed by atoms with E-state index in [1.807, 2.05) is 6.92 Å². The first-order chi connectivity index (χ1) is 10.0. The summed E-state index contributed by atoms with van der Waals surface area (Å²) in [7, 11) is 3.42. The zero-order valence-electron chi connectivity index (χ0n) is 13.8. The number of hydrogen-bond donors (Lipinski definition) is 1. The van der Waals surface area contributed by atoms with Crippen molar-refractivity contribution >= 4 is 11.6 Å². The first-order valence-corrected chi connectivity index (χ1v) is 7.38. The molecule has 1 heterocycles. The summed E-state index contributed by atoms with van der Waals surface area (Å²) in [4.78, 5) is 11.3. The molecule has 0 amide bonds. The highest BCUT2D eigenvalue weighted by molar-refractivity contribution is 5.56. The molecular weight excluding hydrogens is 268 g/mol. The molecule has 6 nitrogen and oxygen atoms in total. The first kappa shape index (κ1) is 17.7. The average molecular weight is 296 g/mol. The molecule has 6 heteroatoms. The maximum atomic E-state index is 6.05. The van der Waals surface area contributed by atoms with Crippen LogP contribution in [0.2, 0.25) is 0 Å². The Bertz CT molecular complexity index is 438. The molecule has 1 rings (SSSR count). The molecule has 0 saturated heterocycles. The van der Waals surface area contributed by atoms with Gasteiger partial charge in [0, 0.05) is 45.4 Å². The van der Waals surface area contributed by atoms with Gasteiger partial charge in [-0.2, -0.15) is 0 Å². The molecule has 0 fully saturated rings. The van der Waals surface area contributed by atoms with Crippen molar-refractivity contribution in [2.75, 3.05) is 51.2 Å². The monoisotopic (exact) mass is 296 g/mol. The van der Waals surface area contributed by atoms with Gasteiger partial charge < -0.3 is 20.1 Å². The molecule has 0 aliphatic heterocycles. The van der Waals surface area contributed by atoms with Gasteiger partial charge >= 0.3 is 0 Å². The first-order valence-electron chi connectivity index (χ1n) is 7.38. The van der Waals surface area contributed by atoms with Crippen LogP contribution < -0.4 is 10.6 Å². The second kappa shape index (κ2) is 8.79. The average Bonchev–Trinajstić information content (AvgIpc) is 2.45. The predicted molar refractivity (Wildman–Crippen MR) is 85.9 cm³/mol. The molecule has 0 radical (unpaired) electrons. The maximum absolute atomic E-state index is 6.05. The lowest BCUT2D eigenvalue weighted by Gasteiger charge is -2.26. The van der Waals surface area contributed by atoms with E-state index in [1.54, 1.807) is 14.2 Å². The van der Waals surface area contributed by atoms with Gasteiger partial charge in [-0.05, 0) is 13.3 Å². The zero-order valence-corrected chi connectivity index (χ0v) is 13.8. The molecule has 0 bridgehead atoms. The summed E-state index contributed by atoms with van der Waals surface area (Å²) in [5.74, 6) is 2.48. The van der Waals surface area contributed by atoms with E-state index >= 15 is 0 Å². The van der Waals surface area contributed by atoms with Gasteiger partial charge in [-0.15, -0.1) is 0 Å². The van der Waals surface area contributed by atoms with Crippen LogP contribution in [0.4, 0.5) is 11.6 Å². The van der Waals surface area contributed by atoms with Crippen LogP contribution >= 0.6 is 0 Å². The van der Waals surface area contributed by atoms with Crippen LogP contribution in [0.3, 0.4) is 0 Å². The fourth-order valence-corrected chi connectivity index (χ4v) is 2.03. The summed E-state index contributed by atoms with van der Waals surface area (Å²) >= 11 is 0. The topological polar surface area (TPSA) is 73.5 Å². The number of nitrogen functional groups attached to an aromatic ring is 1. The fourth-order valence-electron chi connectivity index (χ4n) is 2.03. The molecule has 0 saturated carbocycles. The van der Waals surface area contributed by atoms with Gasteiger partial charge in [0.05, 0.1) is 6.61 Å². The minimum Gasteiger partial charge on any atom is -0.385 e. The second-order valence-corrected chi connectivity index (χ2v) is 5.40. The normalized spacial score (nSPS) is 11.1. The number of ether oxygens (including phenoxy) is 2. The van der Waals surface area contributed by atoms with Crippen LogP contribution in [-0.4, -0.2) is 50.5 Å². The Hall–Kier alpha value is -1.40. The zero-order chi connectivity index (χ0) is 15.8. The quantitative estimate of drug-likeness (QED) is 0.702. The Labute approximate surface area is 127 Å². The lowest BCUT2D eigenvalue weighted by atomic mass is 10.2. The smallest absolute Gasteiger partial charge is 0.137 e. The molecule has 2 N–H and O–H groups in total. The molecule has 120 valence electrons. The van der Waals surface area contributed by atoms with Crippen LogP contribution in [0.5, 0.6) is 0 Å². The highest BCUT2D eigenvalue weighted by Crippen LogP contribution is 2.24. The SMILES string of the molecule is COCCCN(CCOC)c1nc(C(C)C)nc(N)c1C. The molecule has 1 aromatic rings. The lowest BCUT2D eigenvalue weighted by Crippen LogP contribution is -2.31. The molecule has 1 aromatic heterocycles. The maximum Gasteiger partial charge on any atom is 0.137 e. The molecule has 0 aromatic carbocycles. The van der Waals surface area contributed by atoms with Gasteiger partial charge in [-0.3, -0.25) is 0 Å². The van der Waals surface area contributed by atoms with Crippen LogP contribution in [0.15, 0.2) is 0 Å². The second-order valence-electron chi connectivity index (χ2n) is 5.40. The number of rotatable bonds is 9. The molecule has 0 spiro atoms. The van der Waals surface area contributed by atoms with Crippen LogP contribution in [0.25, 0.3) is 0 Å². The number of aromatic nitrogens is 2. The number of anilines is 2. The molecule has 0 atom stereocenters. The Balaban J connectivity index is 3.03. The Kier molecular flexibility index (Phi) is 7.39. The summed E-state index contributed by atoms with van der Waals surface area (Å²) in [6, 6.07) is 0. The van der Waals surface area contributed by atoms with Crippen molar-refractivity contribution in [1.82, 2.24) is 9.97 Å². The minimum atomic E-state index is 0.245. The van der Waals surface area contributed by atoms with Gasteiger partial charge in [-0.25, -0.2) is 9.97 Å². The van der Waals surface area contributed by atoms with Gasteiger partial charge in [0.25, 0.3) is 0 Å². The van der Waals surface area contributed by atoms with Gasteiger partial charge in [0.2, 0.25) is 0 Å². The van der Waals surface area contributed by atoms with Gasteiger partial charge in [-0.1, -0.05) is 13.8 Å². The number of hydrogen-bond acceptors (Lipinski definition) is 6. The summed E-state index contributed by atoms with van der Waals surface area (Å²) in [6.45, 7) is 9.09. The molecule has 0 aliphatic rings. The van der Waals surface area contributed by atoms with Crippen LogP contribution in [0.1, 0.15) is 37.6 Å². The highest BCUT2D eigenvalue weighted by Gasteiger charge is 2.16. The Morgan fingerprint density at radius 2 is 1.76 bits per heavy atom. The largest absolute Gasteiger partial charge is 0.385 e.